The van der Waals surface area contributed by atoms with Gasteiger partial charge >= 0.3 is 23.9 Å². The smallest absolute Gasteiger partial charge is 0.326 e. The minimum atomic E-state index is -1.47. The van der Waals surface area contributed by atoms with E-state index in [1.807, 2.05) is 0 Å². The Labute approximate surface area is 527 Å². The van der Waals surface area contributed by atoms with E-state index in [2.05, 4.69) is 36.3 Å². The van der Waals surface area contributed by atoms with Crippen LogP contribution in [0.25, 0.3) is 0 Å². The summed E-state index contributed by atoms with van der Waals surface area (Å²) >= 11 is 0. The molecule has 0 aliphatic carbocycles. The van der Waals surface area contributed by atoms with Crippen LogP contribution in [0.15, 0.2) is 12.5 Å². The standard InChI is InChI=1S/C60H99N8O21P/c61-48(38-45-39-62-42-65-45)51(71)37-43(57(78)68-90-85)18-15-16-28-63-52(72)27-25-50(60(83)84)67-54(74)26-22-44(58(79)80)36-47(70)40-88-34-33-87-31-29-64-55(75)41-89-35-32-86-30-17-19-46(69)23-24-49(59(81)82)66-53(73)20-13-11-9-7-5-3-1-2-4-6-8-10-12-14-21-56(76)77/h39,42-44,48-50H,1-38,40-41,61H2,(H,62,65)(H,63,72)(H,64,75)(H,66,73)(H,67,74)(H,76,77)(H,79,80)(H,81,82)(H,83,84)(H,68,78,85)/t43-,44-,48+,49+,50+/m1/s1. The molecule has 29 nitrogen and oxygen atoms in total. The highest BCUT2D eigenvalue weighted by Crippen LogP contribution is 2.18. The van der Waals surface area contributed by atoms with Gasteiger partial charge in [0.2, 0.25) is 29.5 Å². The topological polar surface area (TPSA) is 455 Å². The largest absolute Gasteiger partial charge is 0.481 e. The average Bonchev–Trinajstić information content (AvgIpc) is 3.76. The maximum Gasteiger partial charge on any atom is 0.326 e. The molecule has 0 spiro atoms. The molecular weight excluding hydrogens is 1200 g/mol. The normalized spacial score (nSPS) is 12.9. The Kier molecular flexibility index (Phi) is 48.0. The van der Waals surface area contributed by atoms with E-state index in [1.54, 1.807) is 0 Å². The quantitative estimate of drug-likeness (QED) is 0.0317. The fourth-order valence-corrected chi connectivity index (χ4v) is 9.57. The van der Waals surface area contributed by atoms with Gasteiger partial charge in [0.05, 0.1) is 51.3 Å². The van der Waals surface area contributed by atoms with Crippen molar-refractivity contribution < 1.29 is 101 Å². The molecular formula is C60H99N8O21P. The lowest BCUT2D eigenvalue weighted by molar-refractivity contribution is -0.145. The van der Waals surface area contributed by atoms with Crippen LogP contribution in [0.3, 0.4) is 0 Å². The van der Waals surface area contributed by atoms with Gasteiger partial charge in [-0.2, -0.15) is 0 Å². The first-order valence-corrected chi connectivity index (χ1v) is 32.3. The third kappa shape index (κ3) is 45.6. The van der Waals surface area contributed by atoms with Crippen LogP contribution >= 0.6 is 8.61 Å². The van der Waals surface area contributed by atoms with Gasteiger partial charge in [0.25, 0.3) is 8.61 Å². The van der Waals surface area contributed by atoms with E-state index >= 15 is 0 Å². The van der Waals surface area contributed by atoms with Gasteiger partial charge in [0.1, 0.15) is 31.1 Å². The molecule has 1 aromatic rings. The van der Waals surface area contributed by atoms with Crippen molar-refractivity contribution in [2.45, 2.75) is 211 Å². The van der Waals surface area contributed by atoms with Crippen molar-refractivity contribution in [2.75, 3.05) is 65.9 Å². The van der Waals surface area contributed by atoms with Gasteiger partial charge in [0, 0.05) is 95.3 Å². The zero-order valence-electron chi connectivity index (χ0n) is 52.0. The summed E-state index contributed by atoms with van der Waals surface area (Å²) in [5.41, 5.74) is 6.65. The van der Waals surface area contributed by atoms with Gasteiger partial charge in [-0.1, -0.05) is 83.5 Å². The van der Waals surface area contributed by atoms with E-state index in [1.165, 1.54) is 44.6 Å². The summed E-state index contributed by atoms with van der Waals surface area (Å²) in [6, 6.07) is -3.51. The Morgan fingerprint density at radius 2 is 1.02 bits per heavy atom. The number of Topliss-reactive ketones (excluding diaryl/α,β-unsaturated/α-hetero) is 3. The third-order valence-electron chi connectivity index (χ3n) is 14.5. The lowest BCUT2D eigenvalue weighted by atomic mass is 9.92. The fourth-order valence-electron chi connectivity index (χ4n) is 9.30. The average molecular weight is 1300 g/mol. The number of carboxylic acids is 4. The molecule has 510 valence electrons. The molecule has 1 rings (SSSR count). The number of imidazole rings is 1. The van der Waals surface area contributed by atoms with Crippen molar-refractivity contribution in [3.63, 3.8) is 0 Å². The molecule has 0 bridgehead atoms. The molecule has 1 heterocycles. The summed E-state index contributed by atoms with van der Waals surface area (Å²) in [6.07, 6.45) is 18.0. The first kappa shape index (κ1) is 81.4. The minimum absolute atomic E-state index is 0.00184. The van der Waals surface area contributed by atoms with Crippen molar-refractivity contribution in [3.8, 4) is 0 Å². The predicted octanol–water partition coefficient (Wildman–Crippen LogP) is 4.46. The number of H-pyrrole nitrogens is 1. The second-order valence-electron chi connectivity index (χ2n) is 22.1. The van der Waals surface area contributed by atoms with Gasteiger partial charge in [-0.3, -0.25) is 53.0 Å². The zero-order valence-corrected chi connectivity index (χ0v) is 52.9. The number of hydrogen-bond acceptors (Lipinski definition) is 19. The molecule has 0 aromatic carbocycles. The number of amides is 5. The van der Waals surface area contributed by atoms with Crippen LogP contribution in [0.4, 0.5) is 0 Å². The monoisotopic (exact) mass is 1300 g/mol. The molecule has 0 saturated carbocycles. The number of carbonyl (C=O) groups is 12. The number of nitrogens with two attached hydrogens (primary N) is 1. The summed E-state index contributed by atoms with van der Waals surface area (Å²) in [5, 5.41) is 49.8. The molecule has 5 amide bonds. The molecule has 90 heavy (non-hydrogen) atoms. The Bertz CT molecular complexity index is 2300. The lowest BCUT2D eigenvalue weighted by Gasteiger charge is -2.17. The maximum absolute atomic E-state index is 12.7. The molecule has 0 aliphatic heterocycles. The second kappa shape index (κ2) is 53.1. The highest BCUT2D eigenvalue weighted by molar-refractivity contribution is 7.22. The predicted molar refractivity (Wildman–Crippen MR) is 326 cm³/mol. The van der Waals surface area contributed by atoms with E-state index < -0.39 is 111 Å². The Balaban J connectivity index is 2.12. The van der Waals surface area contributed by atoms with Gasteiger partial charge < -0.3 is 71.4 Å². The molecule has 0 radical (unpaired) electrons. The molecule has 0 saturated heterocycles. The lowest BCUT2D eigenvalue weighted by Crippen LogP contribution is -2.42. The van der Waals surface area contributed by atoms with Crippen LogP contribution in [0.1, 0.15) is 192 Å². The van der Waals surface area contributed by atoms with Crippen molar-refractivity contribution in [1.29, 1.82) is 0 Å². The first-order valence-electron chi connectivity index (χ1n) is 31.5. The summed E-state index contributed by atoms with van der Waals surface area (Å²) < 4.78 is 32.4. The van der Waals surface area contributed by atoms with Gasteiger partial charge in [-0.25, -0.2) is 19.1 Å². The number of aromatic nitrogens is 2. The zero-order chi connectivity index (χ0) is 66.6. The van der Waals surface area contributed by atoms with Crippen LogP contribution in [0, 0.1) is 11.8 Å². The molecule has 0 unspecified atom stereocenters. The first-order chi connectivity index (χ1) is 43.2. The van der Waals surface area contributed by atoms with Gasteiger partial charge in [-0.15, -0.1) is 0 Å². The summed E-state index contributed by atoms with van der Waals surface area (Å²) in [6.45, 7) is 0.268. The van der Waals surface area contributed by atoms with E-state index in [0.29, 0.717) is 31.4 Å². The van der Waals surface area contributed by atoms with E-state index in [-0.39, 0.29) is 147 Å². The number of ketones is 3. The fraction of sp³-hybridized carbons (Fsp3) is 0.750. The number of carboxylic acid groups (broad SMARTS) is 4. The Morgan fingerprint density at radius 3 is 1.59 bits per heavy atom. The molecule has 1 aromatic heterocycles. The number of ether oxygens (including phenoxy) is 4. The number of rotatable bonds is 62. The number of aliphatic carboxylic acids is 4. The van der Waals surface area contributed by atoms with Crippen LogP contribution in [-0.2, 0) is 87.5 Å². The van der Waals surface area contributed by atoms with Crippen LogP contribution in [0.5, 0.6) is 0 Å². The minimum Gasteiger partial charge on any atom is -0.481 e. The SMILES string of the molecule is N[C@@H](Cc1cnc[nH]1)C(=O)C[C@@H](CCCCNC(=O)CC[C@H](NC(=O)CC[C@H](CC(=O)COCCOCCNC(=O)COCCOCCCC(=O)CC[C@H](NC(=O)CCCCCCCCCCCCCCCCC(=O)O)C(=O)O)C(=O)O)C(=O)O)C(=O)NP=O. The summed E-state index contributed by atoms with van der Waals surface area (Å²) in [5.74, 6) is -10.5. The number of unbranched alkanes of at least 4 members (excludes halogenated alkanes) is 14. The Morgan fingerprint density at radius 1 is 0.489 bits per heavy atom. The van der Waals surface area contributed by atoms with Crippen LogP contribution in [0.2, 0.25) is 0 Å². The molecule has 5 atom stereocenters. The van der Waals surface area contributed by atoms with E-state index in [4.69, 9.17) is 29.8 Å². The number of nitrogens with one attached hydrogen (secondary N) is 6. The highest BCUT2D eigenvalue weighted by atomic mass is 31.1. The Hall–Kier alpha value is -6.65. The summed E-state index contributed by atoms with van der Waals surface area (Å²) in [4.78, 5) is 152. The van der Waals surface area contributed by atoms with Gasteiger partial charge in [-0.05, 0) is 51.4 Å². The van der Waals surface area contributed by atoms with E-state index in [9.17, 15) is 77.4 Å². The van der Waals surface area contributed by atoms with Crippen LogP contribution in [-0.4, -0.2) is 185 Å². The summed E-state index contributed by atoms with van der Waals surface area (Å²) in [7, 11) is -0.625. The number of aromatic amines is 1. The molecule has 0 fully saturated rings. The molecule has 12 N–H and O–H groups in total. The molecule has 0 aliphatic rings. The number of carbonyl (C=O) groups excluding carboxylic acids is 8. The maximum atomic E-state index is 12.7. The van der Waals surface area contributed by atoms with Crippen molar-refractivity contribution in [1.82, 2.24) is 36.3 Å². The van der Waals surface area contributed by atoms with Crippen molar-refractivity contribution in [2.24, 2.45) is 17.6 Å². The van der Waals surface area contributed by atoms with Crippen LogP contribution < -0.4 is 32.1 Å². The van der Waals surface area contributed by atoms with Crippen molar-refractivity contribution >= 4 is 79.4 Å². The molecule has 30 heteroatoms. The third-order valence-corrected chi connectivity index (χ3v) is 14.8. The van der Waals surface area contributed by atoms with Gasteiger partial charge in [0.15, 0.2) is 11.6 Å². The van der Waals surface area contributed by atoms with Crippen molar-refractivity contribution in [3.05, 3.63) is 18.2 Å². The second-order valence-corrected chi connectivity index (χ2v) is 22.6. The highest BCUT2D eigenvalue weighted by Gasteiger charge is 2.28. The number of nitrogens with zero attached hydrogens (tertiary/aromatic N) is 1. The van der Waals surface area contributed by atoms with E-state index in [0.717, 1.165) is 51.4 Å². The number of hydrogen-bond donors (Lipinski definition) is 11.